The average molecular weight is 268 g/mol. The summed E-state index contributed by atoms with van der Waals surface area (Å²) in [6, 6.07) is 4.28. The van der Waals surface area contributed by atoms with Gasteiger partial charge in [-0.05, 0) is 19.1 Å². The van der Waals surface area contributed by atoms with Gasteiger partial charge in [-0.15, -0.1) is 0 Å². The molecule has 1 aromatic carbocycles. The molecule has 0 radical (unpaired) electrons. The summed E-state index contributed by atoms with van der Waals surface area (Å²) in [4.78, 5) is 8.11. The highest BCUT2D eigenvalue weighted by molar-refractivity contribution is 6.30. The van der Waals surface area contributed by atoms with Gasteiger partial charge in [-0.3, -0.25) is 0 Å². The summed E-state index contributed by atoms with van der Waals surface area (Å²) in [6.07, 6.45) is 1.59. The Morgan fingerprint density at radius 1 is 1.44 bits per heavy atom. The van der Waals surface area contributed by atoms with Gasteiger partial charge in [-0.2, -0.15) is 4.98 Å². The number of aryl methyl sites for hydroxylation is 1. The molecule has 0 fully saturated rings. The molecule has 0 amide bonds. The van der Waals surface area contributed by atoms with Crippen LogP contribution in [0.25, 0.3) is 0 Å². The lowest BCUT2D eigenvalue weighted by Crippen LogP contribution is -2.03. The zero-order valence-electron chi connectivity index (χ0n) is 9.65. The SMILES string of the molecule is Cc1nc(Oc2ccc(Cl)c(F)c2)ncc1CN. The number of aromatic nitrogens is 2. The van der Waals surface area contributed by atoms with Gasteiger partial charge in [0, 0.05) is 30.1 Å². The van der Waals surface area contributed by atoms with Crippen molar-refractivity contribution < 1.29 is 9.13 Å². The van der Waals surface area contributed by atoms with Gasteiger partial charge in [0.05, 0.1) is 5.02 Å². The van der Waals surface area contributed by atoms with Gasteiger partial charge in [0.1, 0.15) is 11.6 Å². The lowest BCUT2D eigenvalue weighted by Gasteiger charge is -2.06. The fourth-order valence-electron chi connectivity index (χ4n) is 1.37. The van der Waals surface area contributed by atoms with Crippen molar-refractivity contribution in [1.82, 2.24) is 9.97 Å². The highest BCUT2D eigenvalue weighted by atomic mass is 35.5. The molecule has 2 N–H and O–H groups in total. The summed E-state index contributed by atoms with van der Waals surface area (Å²) in [7, 11) is 0. The Hall–Kier alpha value is -1.72. The number of nitrogens with two attached hydrogens (primary N) is 1. The first-order valence-corrected chi connectivity index (χ1v) is 5.63. The molecule has 0 saturated carbocycles. The van der Waals surface area contributed by atoms with Crippen LogP contribution in [0.3, 0.4) is 0 Å². The van der Waals surface area contributed by atoms with Crippen LogP contribution in [0, 0.1) is 12.7 Å². The molecule has 1 aromatic heterocycles. The van der Waals surface area contributed by atoms with Crippen LogP contribution in [0.2, 0.25) is 5.02 Å². The largest absolute Gasteiger partial charge is 0.424 e. The highest BCUT2D eigenvalue weighted by Crippen LogP contribution is 2.23. The van der Waals surface area contributed by atoms with Crippen molar-refractivity contribution in [3.05, 3.63) is 46.5 Å². The zero-order chi connectivity index (χ0) is 13.1. The van der Waals surface area contributed by atoms with Crippen LogP contribution in [0.4, 0.5) is 4.39 Å². The minimum absolute atomic E-state index is 0.0397. The molecule has 94 valence electrons. The first-order valence-electron chi connectivity index (χ1n) is 5.25. The topological polar surface area (TPSA) is 61.0 Å². The normalized spacial score (nSPS) is 10.4. The molecule has 2 aromatic rings. The lowest BCUT2D eigenvalue weighted by atomic mass is 10.2. The predicted molar refractivity (Wildman–Crippen MR) is 66.1 cm³/mol. The van der Waals surface area contributed by atoms with E-state index in [1.165, 1.54) is 12.1 Å². The molecule has 6 heteroatoms. The van der Waals surface area contributed by atoms with Crippen LogP contribution < -0.4 is 10.5 Å². The fraction of sp³-hybridized carbons (Fsp3) is 0.167. The molecule has 2 rings (SSSR count). The second-order valence-corrected chi connectivity index (χ2v) is 4.05. The first kappa shape index (κ1) is 12.7. The zero-order valence-corrected chi connectivity index (χ0v) is 10.4. The maximum atomic E-state index is 13.2. The van der Waals surface area contributed by atoms with Gasteiger partial charge in [0.2, 0.25) is 0 Å². The Bertz CT molecular complexity index is 577. The van der Waals surface area contributed by atoms with E-state index in [-0.39, 0.29) is 16.8 Å². The molecule has 0 spiro atoms. The molecule has 18 heavy (non-hydrogen) atoms. The minimum atomic E-state index is -0.551. The van der Waals surface area contributed by atoms with Crippen LogP contribution in [0.15, 0.2) is 24.4 Å². The van der Waals surface area contributed by atoms with Crippen LogP contribution in [-0.2, 0) is 6.54 Å². The molecular weight excluding hydrogens is 257 g/mol. The number of nitrogens with zero attached hydrogens (tertiary/aromatic N) is 2. The smallest absolute Gasteiger partial charge is 0.322 e. The Balaban J connectivity index is 2.23. The van der Waals surface area contributed by atoms with E-state index in [1.54, 1.807) is 19.2 Å². The van der Waals surface area contributed by atoms with Gasteiger partial charge in [0.15, 0.2) is 0 Å². The molecule has 0 aliphatic rings. The summed E-state index contributed by atoms with van der Waals surface area (Å²) in [5.74, 6) is -0.263. The Morgan fingerprint density at radius 2 is 2.22 bits per heavy atom. The summed E-state index contributed by atoms with van der Waals surface area (Å²) in [6.45, 7) is 2.17. The van der Waals surface area contributed by atoms with Gasteiger partial charge < -0.3 is 10.5 Å². The predicted octanol–water partition coefficient (Wildman–Crippen LogP) is 2.83. The molecule has 0 aliphatic carbocycles. The van der Waals surface area contributed by atoms with Crippen molar-refractivity contribution in [2.24, 2.45) is 5.73 Å². The number of ether oxygens (including phenoxy) is 1. The van der Waals surface area contributed by atoms with E-state index in [2.05, 4.69) is 9.97 Å². The second-order valence-electron chi connectivity index (χ2n) is 3.65. The van der Waals surface area contributed by atoms with E-state index in [0.29, 0.717) is 6.54 Å². The van der Waals surface area contributed by atoms with Crippen molar-refractivity contribution >= 4 is 11.6 Å². The first-order chi connectivity index (χ1) is 8.60. The van der Waals surface area contributed by atoms with E-state index < -0.39 is 5.82 Å². The number of halogens is 2. The van der Waals surface area contributed by atoms with E-state index in [4.69, 9.17) is 22.1 Å². The van der Waals surface area contributed by atoms with Crippen LogP contribution in [0.1, 0.15) is 11.3 Å². The maximum Gasteiger partial charge on any atom is 0.322 e. The molecule has 0 bridgehead atoms. The van der Waals surface area contributed by atoms with E-state index in [9.17, 15) is 4.39 Å². The summed E-state index contributed by atoms with van der Waals surface area (Å²) in [5.41, 5.74) is 7.08. The lowest BCUT2D eigenvalue weighted by molar-refractivity contribution is 0.435. The third kappa shape index (κ3) is 2.75. The molecule has 0 saturated heterocycles. The minimum Gasteiger partial charge on any atom is -0.424 e. The van der Waals surface area contributed by atoms with Crippen LogP contribution >= 0.6 is 11.6 Å². The van der Waals surface area contributed by atoms with Gasteiger partial charge in [-0.25, -0.2) is 9.37 Å². The average Bonchev–Trinajstić information content (AvgIpc) is 2.34. The van der Waals surface area contributed by atoms with Crippen molar-refractivity contribution in [3.63, 3.8) is 0 Å². The highest BCUT2D eigenvalue weighted by Gasteiger charge is 2.06. The monoisotopic (exact) mass is 267 g/mol. The van der Waals surface area contributed by atoms with Gasteiger partial charge >= 0.3 is 6.01 Å². The van der Waals surface area contributed by atoms with Crippen molar-refractivity contribution in [2.45, 2.75) is 13.5 Å². The molecule has 1 heterocycles. The summed E-state index contributed by atoms with van der Waals surface area (Å²) >= 11 is 5.57. The third-order valence-corrected chi connectivity index (χ3v) is 2.69. The molecular formula is C12H11ClFN3O. The molecule has 4 nitrogen and oxygen atoms in total. The summed E-state index contributed by atoms with van der Waals surface area (Å²) < 4.78 is 18.5. The number of rotatable bonds is 3. The fourth-order valence-corrected chi connectivity index (χ4v) is 1.48. The molecule has 0 unspecified atom stereocenters. The van der Waals surface area contributed by atoms with Crippen molar-refractivity contribution in [1.29, 1.82) is 0 Å². The van der Waals surface area contributed by atoms with Crippen LogP contribution in [0.5, 0.6) is 11.8 Å². The van der Waals surface area contributed by atoms with E-state index >= 15 is 0 Å². The van der Waals surface area contributed by atoms with Gasteiger partial charge in [0.25, 0.3) is 0 Å². The number of hydrogen-bond acceptors (Lipinski definition) is 4. The quantitative estimate of drug-likeness (QED) is 0.929. The Labute approximate surface area is 109 Å². The maximum absolute atomic E-state index is 13.2. The van der Waals surface area contributed by atoms with Gasteiger partial charge in [-0.1, -0.05) is 11.6 Å². The molecule has 0 atom stereocenters. The Morgan fingerprint density at radius 3 is 2.83 bits per heavy atom. The van der Waals surface area contributed by atoms with E-state index in [1.807, 2.05) is 0 Å². The summed E-state index contributed by atoms with van der Waals surface area (Å²) in [5, 5.41) is 0.0397. The second kappa shape index (κ2) is 5.29. The Kier molecular flexibility index (Phi) is 3.74. The number of hydrogen-bond donors (Lipinski definition) is 1. The third-order valence-electron chi connectivity index (χ3n) is 2.38. The van der Waals surface area contributed by atoms with Crippen LogP contribution in [-0.4, -0.2) is 9.97 Å². The van der Waals surface area contributed by atoms with E-state index in [0.717, 1.165) is 11.3 Å². The van der Waals surface area contributed by atoms with Crippen molar-refractivity contribution in [2.75, 3.05) is 0 Å². The number of benzene rings is 1. The standard InChI is InChI=1S/C12H11ClFN3O/c1-7-8(5-15)6-16-12(17-7)18-9-2-3-10(13)11(14)4-9/h2-4,6H,5,15H2,1H3. The molecule has 0 aliphatic heterocycles. The van der Waals surface area contributed by atoms with Crippen molar-refractivity contribution in [3.8, 4) is 11.8 Å².